The van der Waals surface area contributed by atoms with E-state index in [4.69, 9.17) is 4.74 Å². The number of rotatable bonds is 6. The number of nitrogens with zero attached hydrogens (tertiary/aromatic N) is 1. The van der Waals surface area contributed by atoms with Crippen molar-refractivity contribution >= 4 is 11.9 Å². The van der Waals surface area contributed by atoms with Crippen molar-refractivity contribution in [1.29, 1.82) is 0 Å². The molecule has 0 aliphatic carbocycles. The van der Waals surface area contributed by atoms with Gasteiger partial charge in [-0.3, -0.25) is 9.69 Å². The van der Waals surface area contributed by atoms with Crippen molar-refractivity contribution in [2.24, 2.45) is 0 Å². The summed E-state index contributed by atoms with van der Waals surface area (Å²) in [4.78, 5) is 25.7. The molecule has 1 amide bonds. The molecule has 0 saturated carbocycles. The van der Waals surface area contributed by atoms with Crippen LogP contribution in [0, 0.1) is 0 Å². The van der Waals surface area contributed by atoms with Gasteiger partial charge in [-0.1, -0.05) is 62.2 Å². The third-order valence-corrected chi connectivity index (χ3v) is 3.67. The van der Waals surface area contributed by atoms with Gasteiger partial charge in [0.1, 0.15) is 6.61 Å². The van der Waals surface area contributed by atoms with E-state index in [1.165, 1.54) is 11.0 Å². The molecule has 0 unspecified atom stereocenters. The molecule has 0 fully saturated rings. The molecule has 1 aliphatic heterocycles. The van der Waals surface area contributed by atoms with Crippen molar-refractivity contribution in [2.45, 2.75) is 39.2 Å². The molecule has 1 aromatic carbocycles. The van der Waals surface area contributed by atoms with Crippen molar-refractivity contribution < 1.29 is 14.3 Å². The minimum Gasteiger partial charge on any atom is -0.444 e. The molecule has 1 heterocycles. The first-order chi connectivity index (χ1) is 11.2. The Labute approximate surface area is 137 Å². The molecule has 0 bridgehead atoms. The fraction of sp³-hybridized carbons (Fsp3) is 0.368. The monoisotopic (exact) mass is 313 g/mol. The number of unbranched alkanes of at least 4 members (excludes halogenated alkanes) is 3. The third kappa shape index (κ3) is 5.09. The van der Waals surface area contributed by atoms with Crippen LogP contribution in [0.2, 0.25) is 0 Å². The number of carbonyl (C=O) groups is 2. The average Bonchev–Trinajstić information content (AvgIpc) is 2.58. The van der Waals surface area contributed by atoms with E-state index in [0.29, 0.717) is 12.2 Å². The molecule has 0 spiro atoms. The summed E-state index contributed by atoms with van der Waals surface area (Å²) in [6.07, 6.45) is 8.64. The summed E-state index contributed by atoms with van der Waals surface area (Å²) in [7, 11) is 0. The van der Waals surface area contributed by atoms with E-state index in [-0.39, 0.29) is 12.4 Å². The third-order valence-electron chi connectivity index (χ3n) is 3.67. The molecule has 1 aliphatic rings. The standard InChI is InChI=1S/C19H23NO3/c1-2-3-4-8-12-17-18(21)13-9-14-20(17)19(22)23-15-16-10-6-5-7-11-16/h5-7,9-13H,2-4,8,14-15H2,1H3/b17-12-. The van der Waals surface area contributed by atoms with Crippen LogP contribution in [0.25, 0.3) is 0 Å². The van der Waals surface area contributed by atoms with Gasteiger partial charge in [-0.05, 0) is 24.5 Å². The second kappa shape index (κ2) is 8.93. The predicted molar refractivity (Wildman–Crippen MR) is 89.7 cm³/mol. The first-order valence-electron chi connectivity index (χ1n) is 8.11. The van der Waals surface area contributed by atoms with Crippen LogP contribution in [0.4, 0.5) is 4.79 Å². The zero-order valence-electron chi connectivity index (χ0n) is 13.5. The molecule has 0 radical (unpaired) electrons. The minimum atomic E-state index is -0.478. The first-order valence-corrected chi connectivity index (χ1v) is 8.11. The molecule has 0 atom stereocenters. The quantitative estimate of drug-likeness (QED) is 0.583. The lowest BCUT2D eigenvalue weighted by Gasteiger charge is -2.25. The van der Waals surface area contributed by atoms with E-state index in [9.17, 15) is 9.59 Å². The van der Waals surface area contributed by atoms with E-state index in [1.54, 1.807) is 6.08 Å². The highest BCUT2D eigenvalue weighted by Crippen LogP contribution is 2.16. The van der Waals surface area contributed by atoms with Crippen LogP contribution in [-0.4, -0.2) is 23.3 Å². The van der Waals surface area contributed by atoms with Gasteiger partial charge >= 0.3 is 6.09 Å². The lowest BCUT2D eigenvalue weighted by atomic mass is 10.1. The summed E-state index contributed by atoms with van der Waals surface area (Å²) in [6.45, 7) is 2.71. The van der Waals surface area contributed by atoms with Crippen LogP contribution in [-0.2, 0) is 16.1 Å². The SMILES string of the molecule is CCCCC/C=C1/C(=O)C=CCN1C(=O)OCc1ccccc1. The van der Waals surface area contributed by atoms with E-state index in [2.05, 4.69) is 6.92 Å². The van der Waals surface area contributed by atoms with Gasteiger partial charge in [0.05, 0.1) is 5.70 Å². The lowest BCUT2D eigenvalue weighted by Crippen LogP contribution is -2.36. The number of allylic oxidation sites excluding steroid dienone is 2. The molecular weight excluding hydrogens is 290 g/mol. The van der Waals surface area contributed by atoms with Crippen molar-refractivity contribution in [3.8, 4) is 0 Å². The van der Waals surface area contributed by atoms with Crippen LogP contribution < -0.4 is 0 Å². The molecule has 0 saturated heterocycles. The van der Waals surface area contributed by atoms with Crippen LogP contribution >= 0.6 is 0 Å². The molecule has 122 valence electrons. The van der Waals surface area contributed by atoms with Gasteiger partial charge in [-0.15, -0.1) is 0 Å². The summed E-state index contributed by atoms with van der Waals surface area (Å²) < 4.78 is 5.33. The van der Waals surface area contributed by atoms with E-state index in [0.717, 1.165) is 31.2 Å². The van der Waals surface area contributed by atoms with Crippen molar-refractivity contribution in [3.63, 3.8) is 0 Å². The molecule has 0 aromatic heterocycles. The Morgan fingerprint density at radius 1 is 1.26 bits per heavy atom. The number of ketones is 1. The van der Waals surface area contributed by atoms with Gasteiger partial charge in [0.2, 0.25) is 5.78 Å². The van der Waals surface area contributed by atoms with E-state index >= 15 is 0 Å². The fourth-order valence-electron chi connectivity index (χ4n) is 2.40. The van der Waals surface area contributed by atoms with E-state index < -0.39 is 6.09 Å². The van der Waals surface area contributed by atoms with E-state index in [1.807, 2.05) is 36.4 Å². The topological polar surface area (TPSA) is 46.6 Å². The summed E-state index contributed by atoms with van der Waals surface area (Å²) in [6, 6.07) is 9.51. The van der Waals surface area contributed by atoms with Crippen LogP contribution in [0.1, 0.15) is 38.2 Å². The largest absolute Gasteiger partial charge is 0.444 e. The van der Waals surface area contributed by atoms with Crippen LogP contribution in [0.15, 0.2) is 54.3 Å². The van der Waals surface area contributed by atoms with Gasteiger partial charge in [0.25, 0.3) is 0 Å². The van der Waals surface area contributed by atoms with Gasteiger partial charge < -0.3 is 4.74 Å². The lowest BCUT2D eigenvalue weighted by molar-refractivity contribution is -0.113. The number of carbonyl (C=O) groups excluding carboxylic acids is 2. The van der Waals surface area contributed by atoms with Gasteiger partial charge in [0.15, 0.2) is 0 Å². The molecular formula is C19H23NO3. The first kappa shape index (κ1) is 17.0. The zero-order valence-corrected chi connectivity index (χ0v) is 13.5. The second-order valence-electron chi connectivity index (χ2n) is 5.50. The Morgan fingerprint density at radius 3 is 2.78 bits per heavy atom. The summed E-state index contributed by atoms with van der Waals surface area (Å²) in [5.41, 5.74) is 1.36. The van der Waals surface area contributed by atoms with Crippen molar-refractivity contribution in [2.75, 3.05) is 6.54 Å². The number of ether oxygens (including phenoxy) is 1. The Bertz CT molecular complexity index is 590. The second-order valence-corrected chi connectivity index (χ2v) is 5.50. The van der Waals surface area contributed by atoms with Crippen molar-refractivity contribution in [1.82, 2.24) is 4.90 Å². The van der Waals surface area contributed by atoms with Crippen LogP contribution in [0.3, 0.4) is 0 Å². The highest BCUT2D eigenvalue weighted by molar-refractivity contribution is 6.06. The molecule has 4 heteroatoms. The highest BCUT2D eigenvalue weighted by Gasteiger charge is 2.25. The number of hydrogen-bond acceptors (Lipinski definition) is 3. The smallest absolute Gasteiger partial charge is 0.415 e. The minimum absolute atomic E-state index is 0.135. The molecule has 1 aromatic rings. The molecule has 2 rings (SSSR count). The summed E-state index contributed by atoms with van der Waals surface area (Å²) in [5.74, 6) is -0.135. The Morgan fingerprint density at radius 2 is 2.04 bits per heavy atom. The number of benzene rings is 1. The maximum absolute atomic E-state index is 12.3. The number of amides is 1. The summed E-state index contributed by atoms with van der Waals surface area (Å²) in [5, 5.41) is 0. The van der Waals surface area contributed by atoms with Crippen molar-refractivity contribution in [3.05, 3.63) is 59.8 Å². The van der Waals surface area contributed by atoms with Crippen LogP contribution in [0.5, 0.6) is 0 Å². The molecule has 23 heavy (non-hydrogen) atoms. The Hall–Kier alpha value is -2.36. The molecule has 0 N–H and O–H groups in total. The molecule has 4 nitrogen and oxygen atoms in total. The maximum atomic E-state index is 12.3. The van der Waals surface area contributed by atoms with Gasteiger partial charge in [0, 0.05) is 6.54 Å². The predicted octanol–water partition coefficient (Wildman–Crippen LogP) is 4.23. The number of hydrogen-bond donors (Lipinski definition) is 0. The normalized spacial score (nSPS) is 16.0. The average molecular weight is 313 g/mol. The Balaban J connectivity index is 1.98. The van der Waals surface area contributed by atoms with Gasteiger partial charge in [-0.25, -0.2) is 4.79 Å². The van der Waals surface area contributed by atoms with Gasteiger partial charge in [-0.2, -0.15) is 0 Å². The zero-order chi connectivity index (χ0) is 16.5. The fourth-order valence-corrected chi connectivity index (χ4v) is 2.40. The maximum Gasteiger partial charge on any atom is 0.415 e. The summed E-state index contributed by atoms with van der Waals surface area (Å²) >= 11 is 0. The Kier molecular flexibility index (Phi) is 6.60. The highest BCUT2D eigenvalue weighted by atomic mass is 16.6.